The number of benzene rings is 11. The molecule has 332 valence electrons. The Morgan fingerprint density at radius 1 is 0.197 bits per heavy atom. The number of hydrogen-bond donors (Lipinski definition) is 0. The second-order valence-corrected chi connectivity index (χ2v) is 17.9. The molecule has 13 rings (SSSR count). The molecule has 0 unspecified atom stereocenters. The molecular formula is C67H43N3O. The summed E-state index contributed by atoms with van der Waals surface area (Å²) in [6.07, 6.45) is 0. The normalized spacial score (nSPS) is 11.4. The van der Waals surface area contributed by atoms with Crippen LogP contribution in [0.2, 0.25) is 0 Å². The van der Waals surface area contributed by atoms with Gasteiger partial charge in [0.2, 0.25) is 0 Å². The van der Waals surface area contributed by atoms with Gasteiger partial charge in [0.05, 0.1) is 0 Å². The van der Waals surface area contributed by atoms with E-state index >= 15 is 0 Å². The molecule has 4 heteroatoms. The Balaban J connectivity index is 0.828. The van der Waals surface area contributed by atoms with Gasteiger partial charge in [0.15, 0.2) is 17.5 Å². The highest BCUT2D eigenvalue weighted by molar-refractivity contribution is 6.07. The Morgan fingerprint density at radius 3 is 1.10 bits per heavy atom. The Hall–Kier alpha value is -9.51. The van der Waals surface area contributed by atoms with Crippen molar-refractivity contribution < 1.29 is 4.42 Å². The second kappa shape index (κ2) is 17.9. The summed E-state index contributed by atoms with van der Waals surface area (Å²) in [4.78, 5) is 15.5. The van der Waals surface area contributed by atoms with Crippen LogP contribution in [0.5, 0.6) is 0 Å². The quantitative estimate of drug-likeness (QED) is 0.145. The molecule has 0 aliphatic rings. The van der Waals surface area contributed by atoms with Crippen molar-refractivity contribution in [1.29, 1.82) is 0 Å². The molecule has 11 aromatic carbocycles. The van der Waals surface area contributed by atoms with E-state index < -0.39 is 0 Å². The van der Waals surface area contributed by atoms with E-state index in [2.05, 4.69) is 231 Å². The molecule has 0 amide bonds. The first-order valence-corrected chi connectivity index (χ1v) is 24.0. The maximum atomic E-state index is 6.21. The standard InChI is InChI=1S/C67H43N3O/c1-3-13-44(14-4-1)45-23-25-46(26-24-45)47-29-35-52(36-30-47)65-68-66(70-67(69-65)62-21-10-7-17-55(62)49-15-5-2-6-16-49)53-37-33-51(34-38-53)57-42-41-56(58-18-8-9-19-59(57)58)50-31-27-48(28-32-50)54-39-40-61-60-20-11-12-22-63(60)71-64(61)43-54/h1-43H. The molecule has 0 fully saturated rings. The molecule has 0 saturated carbocycles. The molecule has 0 N–H and O–H groups in total. The van der Waals surface area contributed by atoms with Crippen molar-refractivity contribution in [3.8, 4) is 101 Å². The molecule has 0 atom stereocenters. The van der Waals surface area contributed by atoms with Crippen molar-refractivity contribution in [3.05, 3.63) is 261 Å². The van der Waals surface area contributed by atoms with E-state index in [1.807, 2.05) is 30.3 Å². The van der Waals surface area contributed by atoms with Crippen LogP contribution in [0.25, 0.3) is 134 Å². The Bertz CT molecular complexity index is 4050. The fraction of sp³-hybridized carbons (Fsp3) is 0. The number of nitrogens with zero attached hydrogens (tertiary/aromatic N) is 3. The van der Waals surface area contributed by atoms with Crippen molar-refractivity contribution in [2.75, 3.05) is 0 Å². The lowest BCUT2D eigenvalue weighted by Crippen LogP contribution is -2.01. The van der Waals surface area contributed by atoms with E-state index in [1.165, 1.54) is 33.0 Å². The molecule has 4 nitrogen and oxygen atoms in total. The van der Waals surface area contributed by atoms with Crippen LogP contribution >= 0.6 is 0 Å². The second-order valence-electron chi connectivity index (χ2n) is 17.9. The summed E-state index contributed by atoms with van der Waals surface area (Å²) in [7, 11) is 0. The van der Waals surface area contributed by atoms with Crippen molar-refractivity contribution in [2.45, 2.75) is 0 Å². The molecule has 0 saturated heterocycles. The van der Waals surface area contributed by atoms with E-state index in [9.17, 15) is 0 Å². The smallest absolute Gasteiger partial charge is 0.164 e. The minimum atomic E-state index is 0.612. The Morgan fingerprint density at radius 2 is 0.549 bits per heavy atom. The fourth-order valence-electron chi connectivity index (χ4n) is 9.95. The van der Waals surface area contributed by atoms with Crippen LogP contribution < -0.4 is 0 Å². The van der Waals surface area contributed by atoms with Gasteiger partial charge >= 0.3 is 0 Å². The highest BCUT2D eigenvalue weighted by Crippen LogP contribution is 2.39. The molecule has 0 aliphatic heterocycles. The number of furan rings is 1. The number of aromatic nitrogens is 3. The molecular weight excluding hydrogens is 863 g/mol. The number of fused-ring (bicyclic) bond motifs is 4. The lowest BCUT2D eigenvalue weighted by molar-refractivity contribution is 0.669. The first-order chi connectivity index (χ1) is 35.2. The highest BCUT2D eigenvalue weighted by Gasteiger charge is 2.17. The van der Waals surface area contributed by atoms with Crippen LogP contribution in [-0.2, 0) is 0 Å². The summed E-state index contributed by atoms with van der Waals surface area (Å²) in [5.41, 5.74) is 18.3. The first-order valence-electron chi connectivity index (χ1n) is 24.0. The van der Waals surface area contributed by atoms with Gasteiger partial charge in [-0.25, -0.2) is 15.0 Å². The zero-order chi connectivity index (χ0) is 47.1. The molecule has 0 radical (unpaired) electrons. The van der Waals surface area contributed by atoms with Gasteiger partial charge in [0.1, 0.15) is 11.2 Å². The molecule has 2 aromatic heterocycles. The Kier molecular flexibility index (Phi) is 10.5. The van der Waals surface area contributed by atoms with Gasteiger partial charge in [-0.15, -0.1) is 0 Å². The van der Waals surface area contributed by atoms with Crippen molar-refractivity contribution in [1.82, 2.24) is 15.0 Å². The number of rotatable bonds is 9. The average molecular weight is 906 g/mol. The summed E-state index contributed by atoms with van der Waals surface area (Å²) < 4.78 is 6.21. The van der Waals surface area contributed by atoms with E-state index in [0.29, 0.717) is 17.5 Å². The van der Waals surface area contributed by atoms with Gasteiger partial charge in [-0.2, -0.15) is 0 Å². The van der Waals surface area contributed by atoms with Gasteiger partial charge in [0.25, 0.3) is 0 Å². The van der Waals surface area contributed by atoms with Gasteiger partial charge in [-0.3, -0.25) is 0 Å². The van der Waals surface area contributed by atoms with Crippen molar-refractivity contribution in [3.63, 3.8) is 0 Å². The van der Waals surface area contributed by atoms with Crippen molar-refractivity contribution >= 4 is 32.7 Å². The Labute approximate surface area is 411 Å². The molecule has 71 heavy (non-hydrogen) atoms. The van der Waals surface area contributed by atoms with E-state index in [1.54, 1.807) is 0 Å². The predicted octanol–water partition coefficient (Wildman–Crippen LogP) is 17.9. The van der Waals surface area contributed by atoms with E-state index in [0.717, 1.165) is 83.1 Å². The molecule has 13 aromatic rings. The maximum Gasteiger partial charge on any atom is 0.164 e. The van der Waals surface area contributed by atoms with Crippen LogP contribution in [-0.4, -0.2) is 15.0 Å². The van der Waals surface area contributed by atoms with Gasteiger partial charge < -0.3 is 4.42 Å². The molecule has 2 heterocycles. The zero-order valence-electron chi connectivity index (χ0n) is 38.6. The lowest BCUT2D eigenvalue weighted by Gasteiger charge is -2.14. The van der Waals surface area contributed by atoms with Gasteiger partial charge in [-0.05, 0) is 95.7 Å². The van der Waals surface area contributed by atoms with E-state index in [4.69, 9.17) is 19.4 Å². The topological polar surface area (TPSA) is 51.8 Å². The summed E-state index contributed by atoms with van der Waals surface area (Å²) >= 11 is 0. The van der Waals surface area contributed by atoms with Crippen LogP contribution in [0.4, 0.5) is 0 Å². The molecule has 0 spiro atoms. The summed E-state index contributed by atoms with van der Waals surface area (Å²) in [6, 6.07) is 91.9. The third-order valence-corrected chi connectivity index (χ3v) is 13.6. The number of para-hydroxylation sites is 1. The van der Waals surface area contributed by atoms with Crippen LogP contribution in [0.3, 0.4) is 0 Å². The SMILES string of the molecule is c1ccc(-c2ccc(-c3ccc(-c4nc(-c5ccc(-c6ccc(-c7ccc(-c8ccc9c(c8)oc8ccccc89)cc7)c7ccccc67)cc5)nc(-c5ccccc5-c5ccccc5)n4)cc3)cc2)cc1. The summed E-state index contributed by atoms with van der Waals surface area (Å²) in [5.74, 6) is 1.85. The lowest BCUT2D eigenvalue weighted by atomic mass is 9.91. The van der Waals surface area contributed by atoms with Gasteiger partial charge in [-0.1, -0.05) is 243 Å². The largest absolute Gasteiger partial charge is 0.456 e. The minimum absolute atomic E-state index is 0.612. The van der Waals surface area contributed by atoms with Crippen LogP contribution in [0, 0.1) is 0 Å². The van der Waals surface area contributed by atoms with Crippen molar-refractivity contribution in [2.24, 2.45) is 0 Å². The van der Waals surface area contributed by atoms with Crippen LogP contribution in [0.15, 0.2) is 265 Å². The van der Waals surface area contributed by atoms with Crippen LogP contribution in [0.1, 0.15) is 0 Å². The summed E-state index contributed by atoms with van der Waals surface area (Å²) in [6.45, 7) is 0. The van der Waals surface area contributed by atoms with Gasteiger partial charge in [0, 0.05) is 27.5 Å². The highest BCUT2D eigenvalue weighted by atomic mass is 16.3. The zero-order valence-corrected chi connectivity index (χ0v) is 38.6. The first kappa shape index (κ1) is 41.7. The maximum absolute atomic E-state index is 6.21. The monoisotopic (exact) mass is 905 g/mol. The minimum Gasteiger partial charge on any atom is -0.456 e. The molecule has 0 bridgehead atoms. The number of hydrogen-bond acceptors (Lipinski definition) is 4. The summed E-state index contributed by atoms with van der Waals surface area (Å²) in [5, 5.41) is 4.67. The van der Waals surface area contributed by atoms with E-state index in [-0.39, 0.29) is 0 Å². The predicted molar refractivity (Wildman–Crippen MR) is 294 cm³/mol. The fourth-order valence-corrected chi connectivity index (χ4v) is 9.95. The molecule has 0 aliphatic carbocycles. The average Bonchev–Trinajstić information content (AvgIpc) is 3.83. The third-order valence-electron chi connectivity index (χ3n) is 13.6. The third kappa shape index (κ3) is 7.94.